The second-order valence-electron chi connectivity index (χ2n) is 8.01. The van der Waals surface area contributed by atoms with E-state index in [2.05, 4.69) is 41.3 Å². The summed E-state index contributed by atoms with van der Waals surface area (Å²) >= 11 is 0. The zero-order valence-electron chi connectivity index (χ0n) is 15.1. The van der Waals surface area contributed by atoms with Crippen LogP contribution < -0.4 is 0 Å². The van der Waals surface area contributed by atoms with E-state index in [-0.39, 0.29) is 0 Å². The maximum absolute atomic E-state index is 11.3. The predicted octanol–water partition coefficient (Wildman–Crippen LogP) is 4.05. The van der Waals surface area contributed by atoms with Gasteiger partial charge in [0.05, 0.1) is 17.2 Å². The molecule has 0 saturated carbocycles. The maximum atomic E-state index is 11.3. The Morgan fingerprint density at radius 3 is 2.23 bits per heavy atom. The summed E-state index contributed by atoms with van der Waals surface area (Å²) in [4.78, 5) is 2.63. The third-order valence-corrected chi connectivity index (χ3v) is 6.07. The minimum absolute atomic E-state index is 0.464. The Morgan fingerprint density at radius 1 is 0.962 bits per heavy atom. The molecule has 0 aromatic heterocycles. The monoisotopic (exact) mass is 346 g/mol. The second-order valence-corrected chi connectivity index (χ2v) is 8.01. The van der Waals surface area contributed by atoms with E-state index < -0.39 is 5.60 Å². The molecule has 134 valence electrons. The fraction of sp³-hybridized carbons (Fsp3) is 0.435. The Kier molecular flexibility index (Phi) is 4.80. The van der Waals surface area contributed by atoms with Crippen LogP contribution in [0, 0.1) is 11.3 Å². The number of aliphatic hydroxyl groups is 1. The lowest BCUT2D eigenvalue weighted by atomic mass is 9.73. The average molecular weight is 346 g/mol. The number of rotatable bonds is 4. The van der Waals surface area contributed by atoms with Crippen molar-refractivity contribution in [2.75, 3.05) is 0 Å². The third-order valence-electron chi connectivity index (χ3n) is 6.07. The van der Waals surface area contributed by atoms with Crippen molar-refractivity contribution in [3.63, 3.8) is 0 Å². The quantitative estimate of drug-likeness (QED) is 0.908. The largest absolute Gasteiger partial charge is 0.389 e. The highest BCUT2D eigenvalue weighted by Crippen LogP contribution is 2.41. The van der Waals surface area contributed by atoms with Gasteiger partial charge in [-0.05, 0) is 48.9 Å². The van der Waals surface area contributed by atoms with Crippen molar-refractivity contribution in [3.8, 4) is 6.07 Å². The summed E-state index contributed by atoms with van der Waals surface area (Å²) in [6, 6.07) is 21.5. The molecule has 0 radical (unpaired) electrons. The van der Waals surface area contributed by atoms with Crippen molar-refractivity contribution >= 4 is 0 Å². The molecule has 0 spiro atoms. The average Bonchev–Trinajstić information content (AvgIpc) is 2.64. The summed E-state index contributed by atoms with van der Waals surface area (Å²) in [7, 11) is 0. The molecule has 2 atom stereocenters. The zero-order valence-corrected chi connectivity index (χ0v) is 15.1. The highest BCUT2D eigenvalue weighted by molar-refractivity contribution is 5.32. The van der Waals surface area contributed by atoms with Gasteiger partial charge in [-0.15, -0.1) is 0 Å². The van der Waals surface area contributed by atoms with Crippen LogP contribution in [-0.4, -0.2) is 27.7 Å². The molecule has 2 aromatic carbocycles. The van der Waals surface area contributed by atoms with Gasteiger partial charge in [0.1, 0.15) is 0 Å². The first-order chi connectivity index (χ1) is 12.6. The third kappa shape index (κ3) is 3.67. The van der Waals surface area contributed by atoms with E-state index in [1.807, 2.05) is 24.3 Å². The van der Waals surface area contributed by atoms with Crippen molar-refractivity contribution < 1.29 is 5.11 Å². The van der Waals surface area contributed by atoms with E-state index >= 15 is 0 Å². The van der Waals surface area contributed by atoms with Crippen molar-refractivity contribution in [1.29, 1.82) is 5.26 Å². The van der Waals surface area contributed by atoms with E-state index in [0.29, 0.717) is 24.1 Å². The first-order valence-corrected chi connectivity index (χ1v) is 9.66. The van der Waals surface area contributed by atoms with Gasteiger partial charge >= 0.3 is 0 Å². The SMILES string of the molecule is N#Cc1ccc(CC2(O)CC3CCCC(C2)N3Cc2ccccc2)cc1. The zero-order chi connectivity index (χ0) is 18.0. The molecule has 2 unspecified atom stereocenters. The van der Waals surface area contributed by atoms with Gasteiger partial charge in [0, 0.05) is 25.0 Å². The molecule has 1 N–H and O–H groups in total. The molecule has 0 aliphatic carbocycles. The summed E-state index contributed by atoms with van der Waals surface area (Å²) in [5, 5.41) is 20.3. The molecule has 2 aliphatic rings. The Hall–Kier alpha value is -2.15. The number of benzene rings is 2. The molecule has 2 bridgehead atoms. The molecule has 26 heavy (non-hydrogen) atoms. The fourth-order valence-corrected chi connectivity index (χ4v) is 4.89. The fourth-order valence-electron chi connectivity index (χ4n) is 4.89. The second kappa shape index (κ2) is 7.23. The molecule has 4 rings (SSSR count). The van der Waals surface area contributed by atoms with Crippen molar-refractivity contribution in [2.24, 2.45) is 0 Å². The topological polar surface area (TPSA) is 47.3 Å². The number of nitriles is 1. The van der Waals surface area contributed by atoms with Gasteiger partial charge in [-0.2, -0.15) is 5.26 Å². The summed E-state index contributed by atoms with van der Waals surface area (Å²) < 4.78 is 0. The molecule has 2 aromatic rings. The van der Waals surface area contributed by atoms with Crippen LogP contribution in [0.25, 0.3) is 0 Å². The summed E-state index contributed by atoms with van der Waals surface area (Å²) in [6.45, 7) is 0.989. The number of nitrogens with zero attached hydrogens (tertiary/aromatic N) is 2. The molecule has 2 heterocycles. The number of hydrogen-bond acceptors (Lipinski definition) is 3. The van der Waals surface area contributed by atoms with Crippen LogP contribution in [0.15, 0.2) is 54.6 Å². The lowest BCUT2D eigenvalue weighted by molar-refractivity contribution is -0.0946. The molecule has 2 saturated heterocycles. The standard InChI is InChI=1S/C23H26N2O/c24-16-19-11-9-18(10-12-19)13-23(26)14-21-7-4-8-22(15-23)25(21)17-20-5-2-1-3-6-20/h1-3,5-6,9-12,21-22,26H,4,7-8,13-15,17H2. The van der Waals surface area contributed by atoms with E-state index in [1.54, 1.807) is 0 Å². The van der Waals surface area contributed by atoms with E-state index in [1.165, 1.54) is 24.8 Å². The lowest BCUT2D eigenvalue weighted by Crippen LogP contribution is -2.58. The van der Waals surface area contributed by atoms with Crippen LogP contribution >= 0.6 is 0 Å². The van der Waals surface area contributed by atoms with Gasteiger partial charge in [-0.25, -0.2) is 0 Å². The van der Waals surface area contributed by atoms with Crippen molar-refractivity contribution in [2.45, 2.75) is 62.8 Å². The van der Waals surface area contributed by atoms with E-state index in [4.69, 9.17) is 5.26 Å². The van der Waals surface area contributed by atoms with Crippen LogP contribution in [-0.2, 0) is 13.0 Å². The smallest absolute Gasteiger partial charge is 0.0991 e. The van der Waals surface area contributed by atoms with Gasteiger partial charge in [0.25, 0.3) is 0 Å². The Labute approximate surface area is 155 Å². The van der Waals surface area contributed by atoms with Gasteiger partial charge in [0.15, 0.2) is 0 Å². The van der Waals surface area contributed by atoms with Crippen molar-refractivity contribution in [3.05, 3.63) is 71.3 Å². The molecular weight excluding hydrogens is 320 g/mol. The van der Waals surface area contributed by atoms with Gasteiger partial charge in [-0.3, -0.25) is 4.90 Å². The molecular formula is C23H26N2O. The molecule has 3 nitrogen and oxygen atoms in total. The maximum Gasteiger partial charge on any atom is 0.0991 e. The van der Waals surface area contributed by atoms with Crippen LogP contribution in [0.1, 0.15) is 48.8 Å². The molecule has 2 fully saturated rings. The molecule has 0 amide bonds. The minimum Gasteiger partial charge on any atom is -0.389 e. The minimum atomic E-state index is -0.628. The summed E-state index contributed by atoms with van der Waals surface area (Å²) in [5.41, 5.74) is 2.54. The predicted molar refractivity (Wildman–Crippen MR) is 102 cm³/mol. The Balaban J connectivity index is 1.48. The highest BCUT2D eigenvalue weighted by atomic mass is 16.3. The van der Waals surface area contributed by atoms with Gasteiger partial charge < -0.3 is 5.11 Å². The lowest BCUT2D eigenvalue weighted by Gasteiger charge is -2.52. The highest BCUT2D eigenvalue weighted by Gasteiger charge is 2.45. The number of fused-ring (bicyclic) bond motifs is 2. The Morgan fingerprint density at radius 2 is 1.62 bits per heavy atom. The first kappa shape index (κ1) is 17.3. The molecule has 2 aliphatic heterocycles. The van der Waals surface area contributed by atoms with E-state index in [9.17, 15) is 5.11 Å². The first-order valence-electron chi connectivity index (χ1n) is 9.66. The van der Waals surface area contributed by atoms with Gasteiger partial charge in [-0.1, -0.05) is 48.9 Å². The summed E-state index contributed by atoms with van der Waals surface area (Å²) in [6.07, 6.45) is 6.00. The normalized spacial score (nSPS) is 28.5. The number of hydrogen-bond donors (Lipinski definition) is 1. The van der Waals surface area contributed by atoms with E-state index in [0.717, 1.165) is 24.9 Å². The number of piperidine rings is 2. The van der Waals surface area contributed by atoms with Crippen LogP contribution in [0.5, 0.6) is 0 Å². The van der Waals surface area contributed by atoms with Crippen molar-refractivity contribution in [1.82, 2.24) is 4.90 Å². The van der Waals surface area contributed by atoms with Crippen LogP contribution in [0.4, 0.5) is 0 Å². The Bertz CT molecular complexity index is 764. The van der Waals surface area contributed by atoms with Crippen LogP contribution in [0.3, 0.4) is 0 Å². The van der Waals surface area contributed by atoms with Crippen LogP contribution in [0.2, 0.25) is 0 Å². The summed E-state index contributed by atoms with van der Waals surface area (Å²) in [5.74, 6) is 0. The molecule has 3 heteroatoms. The van der Waals surface area contributed by atoms with Gasteiger partial charge in [0.2, 0.25) is 0 Å².